The number of nitriles is 1. The highest BCUT2D eigenvalue weighted by atomic mass is 16.5. The van der Waals surface area contributed by atoms with Crippen molar-refractivity contribution in [3.05, 3.63) is 29.7 Å². The summed E-state index contributed by atoms with van der Waals surface area (Å²) in [5.74, 6) is -0.795. The van der Waals surface area contributed by atoms with Crippen LogP contribution < -0.4 is 0 Å². The molecule has 80 valence electrons. The van der Waals surface area contributed by atoms with E-state index in [1.165, 1.54) is 17.1 Å². The van der Waals surface area contributed by atoms with Gasteiger partial charge in [-0.25, -0.2) is 14.5 Å². The molecule has 0 fully saturated rings. The highest BCUT2D eigenvalue weighted by Gasteiger charge is 2.11. The van der Waals surface area contributed by atoms with Crippen molar-refractivity contribution in [2.75, 3.05) is 0 Å². The first-order valence-corrected chi connectivity index (χ1v) is 4.17. The molecule has 2 rings (SSSR count). The second-order valence-corrected chi connectivity index (χ2v) is 2.86. The number of aromatic carboxylic acids is 1. The molecule has 0 spiro atoms. The van der Waals surface area contributed by atoms with Crippen LogP contribution in [0.4, 0.5) is 0 Å². The van der Waals surface area contributed by atoms with Crippen LogP contribution in [-0.4, -0.2) is 31.0 Å². The summed E-state index contributed by atoms with van der Waals surface area (Å²) in [5.41, 5.74) is -0.171. The molecule has 2 heterocycles. The van der Waals surface area contributed by atoms with Gasteiger partial charge in [0.2, 0.25) is 0 Å². The van der Waals surface area contributed by atoms with Crippen LogP contribution in [0.1, 0.15) is 22.1 Å². The molecule has 0 saturated heterocycles. The minimum absolute atomic E-state index is 0.0398. The molecular formula is C8H5N5O3. The Labute approximate surface area is 88.7 Å². The number of carboxylic acid groups (broad SMARTS) is 1. The van der Waals surface area contributed by atoms with E-state index in [1.807, 2.05) is 0 Å². The van der Waals surface area contributed by atoms with Crippen molar-refractivity contribution in [2.24, 2.45) is 0 Å². The molecule has 0 bridgehead atoms. The first kappa shape index (κ1) is 9.85. The molecule has 16 heavy (non-hydrogen) atoms. The van der Waals surface area contributed by atoms with Gasteiger partial charge in [0.15, 0.2) is 11.5 Å². The van der Waals surface area contributed by atoms with Gasteiger partial charge in [-0.2, -0.15) is 5.26 Å². The third-order valence-electron chi connectivity index (χ3n) is 1.73. The van der Waals surface area contributed by atoms with Gasteiger partial charge in [0.25, 0.3) is 5.82 Å². The van der Waals surface area contributed by atoms with E-state index in [-0.39, 0.29) is 18.1 Å². The van der Waals surface area contributed by atoms with Crippen molar-refractivity contribution in [1.29, 1.82) is 5.26 Å². The first-order valence-electron chi connectivity index (χ1n) is 4.17. The van der Waals surface area contributed by atoms with Gasteiger partial charge in [0, 0.05) is 6.07 Å². The lowest BCUT2D eigenvalue weighted by Gasteiger charge is -1.92. The van der Waals surface area contributed by atoms with Crippen LogP contribution in [-0.2, 0) is 6.54 Å². The number of aromatic nitrogens is 4. The van der Waals surface area contributed by atoms with E-state index in [1.54, 1.807) is 6.07 Å². The molecule has 2 aromatic heterocycles. The molecule has 0 aromatic carbocycles. The average molecular weight is 219 g/mol. The summed E-state index contributed by atoms with van der Waals surface area (Å²) in [4.78, 5) is 14.2. The highest BCUT2D eigenvalue weighted by Crippen LogP contribution is 2.05. The predicted molar refractivity (Wildman–Crippen MR) is 47.3 cm³/mol. The number of hydrogen-bond donors (Lipinski definition) is 1. The molecule has 0 aliphatic carbocycles. The van der Waals surface area contributed by atoms with E-state index in [0.29, 0.717) is 5.76 Å². The maximum atomic E-state index is 10.5. The van der Waals surface area contributed by atoms with E-state index < -0.39 is 5.97 Å². The van der Waals surface area contributed by atoms with Crippen LogP contribution >= 0.6 is 0 Å². The van der Waals surface area contributed by atoms with Crippen molar-refractivity contribution in [3.8, 4) is 6.07 Å². The monoisotopic (exact) mass is 219 g/mol. The van der Waals surface area contributed by atoms with Crippen molar-refractivity contribution < 1.29 is 14.4 Å². The van der Waals surface area contributed by atoms with E-state index in [9.17, 15) is 4.79 Å². The Morgan fingerprint density at radius 2 is 2.50 bits per heavy atom. The lowest BCUT2D eigenvalue weighted by atomic mass is 10.3. The van der Waals surface area contributed by atoms with Crippen LogP contribution in [0.3, 0.4) is 0 Å². The number of rotatable bonds is 3. The Morgan fingerprint density at radius 3 is 3.06 bits per heavy atom. The van der Waals surface area contributed by atoms with Crippen molar-refractivity contribution in [3.63, 3.8) is 0 Å². The summed E-state index contributed by atoms with van der Waals surface area (Å²) < 4.78 is 6.12. The topological polar surface area (TPSA) is 118 Å². The zero-order chi connectivity index (χ0) is 11.5. The second kappa shape index (κ2) is 3.82. The molecule has 1 N–H and O–H groups in total. The van der Waals surface area contributed by atoms with Gasteiger partial charge in [-0.3, -0.25) is 0 Å². The number of hydrogen-bond acceptors (Lipinski definition) is 6. The zero-order valence-electron chi connectivity index (χ0n) is 7.86. The Hall–Kier alpha value is -2.69. The SMILES string of the molecule is N#Cc1ncn(Cc2cc(C(=O)O)no2)n1. The quantitative estimate of drug-likeness (QED) is 0.764. The largest absolute Gasteiger partial charge is 0.476 e. The van der Waals surface area contributed by atoms with Gasteiger partial charge in [0.1, 0.15) is 18.9 Å². The summed E-state index contributed by atoms with van der Waals surface area (Å²) in [5, 5.41) is 24.2. The second-order valence-electron chi connectivity index (χ2n) is 2.86. The molecule has 0 unspecified atom stereocenters. The summed E-state index contributed by atoms with van der Waals surface area (Å²) in [6, 6.07) is 3.06. The van der Waals surface area contributed by atoms with Gasteiger partial charge in [0.05, 0.1) is 0 Å². The summed E-state index contributed by atoms with van der Waals surface area (Å²) in [7, 11) is 0. The fourth-order valence-electron chi connectivity index (χ4n) is 1.07. The summed E-state index contributed by atoms with van der Waals surface area (Å²) in [6.45, 7) is 0.176. The molecule has 0 aliphatic heterocycles. The molecular weight excluding hydrogens is 214 g/mol. The number of carboxylic acids is 1. The molecule has 0 aliphatic rings. The first-order chi connectivity index (χ1) is 7.69. The van der Waals surface area contributed by atoms with Crippen molar-refractivity contribution in [2.45, 2.75) is 6.54 Å². The average Bonchev–Trinajstić information content (AvgIpc) is 2.87. The van der Waals surface area contributed by atoms with Gasteiger partial charge in [-0.15, -0.1) is 5.10 Å². The van der Waals surface area contributed by atoms with Crippen LogP contribution in [0.25, 0.3) is 0 Å². The molecule has 8 nitrogen and oxygen atoms in total. The minimum atomic E-state index is -1.16. The third-order valence-corrected chi connectivity index (χ3v) is 1.73. The lowest BCUT2D eigenvalue weighted by molar-refractivity contribution is 0.0685. The summed E-state index contributed by atoms with van der Waals surface area (Å²) >= 11 is 0. The molecule has 0 amide bonds. The molecule has 2 aromatic rings. The van der Waals surface area contributed by atoms with E-state index in [2.05, 4.69) is 15.2 Å². The number of nitrogens with zero attached hydrogens (tertiary/aromatic N) is 5. The fraction of sp³-hybridized carbons (Fsp3) is 0.125. The molecule has 0 radical (unpaired) electrons. The van der Waals surface area contributed by atoms with Gasteiger partial charge < -0.3 is 9.63 Å². The van der Waals surface area contributed by atoms with Crippen molar-refractivity contribution >= 4 is 5.97 Å². The van der Waals surface area contributed by atoms with Gasteiger partial charge in [-0.05, 0) is 0 Å². The smallest absolute Gasteiger partial charge is 0.358 e. The maximum absolute atomic E-state index is 10.5. The van der Waals surface area contributed by atoms with Gasteiger partial charge in [-0.1, -0.05) is 5.16 Å². The number of carbonyl (C=O) groups is 1. The van der Waals surface area contributed by atoms with Crippen LogP contribution in [0.15, 0.2) is 16.9 Å². The van der Waals surface area contributed by atoms with E-state index in [0.717, 1.165) is 0 Å². The lowest BCUT2D eigenvalue weighted by Crippen LogP contribution is -1.99. The fourth-order valence-corrected chi connectivity index (χ4v) is 1.07. The van der Waals surface area contributed by atoms with Crippen molar-refractivity contribution in [1.82, 2.24) is 19.9 Å². The minimum Gasteiger partial charge on any atom is -0.476 e. The molecule has 0 saturated carbocycles. The van der Waals surface area contributed by atoms with Gasteiger partial charge >= 0.3 is 5.97 Å². The highest BCUT2D eigenvalue weighted by molar-refractivity contribution is 5.85. The van der Waals surface area contributed by atoms with E-state index >= 15 is 0 Å². The molecule has 8 heteroatoms. The van der Waals surface area contributed by atoms with E-state index in [4.69, 9.17) is 14.9 Å². The van der Waals surface area contributed by atoms with Crippen LogP contribution in [0.2, 0.25) is 0 Å². The Morgan fingerprint density at radius 1 is 1.69 bits per heavy atom. The normalized spacial score (nSPS) is 9.94. The maximum Gasteiger partial charge on any atom is 0.358 e. The molecule has 0 atom stereocenters. The van der Waals surface area contributed by atoms with Crippen LogP contribution in [0, 0.1) is 11.3 Å². The third kappa shape index (κ3) is 1.88. The zero-order valence-corrected chi connectivity index (χ0v) is 7.86. The summed E-state index contributed by atoms with van der Waals surface area (Å²) in [6.07, 6.45) is 1.35. The Bertz CT molecular complexity index is 564. The Kier molecular flexibility index (Phi) is 2.35. The van der Waals surface area contributed by atoms with Crippen LogP contribution in [0.5, 0.6) is 0 Å². The Balaban J connectivity index is 2.14. The predicted octanol–water partition coefficient (Wildman–Crippen LogP) is -0.116. The standard InChI is InChI=1S/C8H5N5O3/c9-2-7-10-4-13(11-7)3-5-1-6(8(14)15)12-16-5/h1,4H,3H2,(H,14,15).